The molecule has 0 aromatic carbocycles. The Hall–Kier alpha value is -1.85. The molecule has 162 valence electrons. The van der Waals surface area contributed by atoms with Gasteiger partial charge in [-0.1, -0.05) is 20.3 Å². The predicted octanol–water partition coefficient (Wildman–Crippen LogP) is -1.34. The van der Waals surface area contributed by atoms with Crippen LogP contribution >= 0.6 is 11.8 Å². The Labute approximate surface area is 169 Å². The van der Waals surface area contributed by atoms with Crippen LogP contribution in [0, 0.1) is 5.92 Å². The highest BCUT2D eigenvalue weighted by molar-refractivity contribution is 7.98. The lowest BCUT2D eigenvalue weighted by Crippen LogP contribution is -2.58. The number of hydrogen-bond donors (Lipinski definition) is 6. The predicted molar refractivity (Wildman–Crippen MR) is 107 cm³/mol. The standard InChI is InChI=1S/C17H32N4O6S/c1-5-9(2)13(18)15(24)21-14(10(3)22)16(25)19-8-12(23)20-11(17(26)27)6-7-28-4/h9-11,13-14,22H,5-8,18H2,1-4H3,(H,19,25)(H,20,23)(H,21,24)(H,26,27). The van der Waals surface area contributed by atoms with Crippen LogP contribution in [0.3, 0.4) is 0 Å². The number of aliphatic hydroxyl groups is 1. The summed E-state index contributed by atoms with van der Waals surface area (Å²) in [5, 5.41) is 25.9. The van der Waals surface area contributed by atoms with Gasteiger partial charge in [0.25, 0.3) is 0 Å². The Morgan fingerprint density at radius 3 is 2.18 bits per heavy atom. The number of carboxylic acid groups (broad SMARTS) is 1. The first-order valence-corrected chi connectivity index (χ1v) is 10.5. The van der Waals surface area contributed by atoms with Gasteiger partial charge >= 0.3 is 5.97 Å². The first kappa shape index (κ1) is 26.1. The molecule has 0 radical (unpaired) electrons. The SMILES string of the molecule is CCC(C)C(N)C(=O)NC(C(=O)NCC(=O)NC(CCSC)C(=O)O)C(C)O. The molecule has 0 aliphatic carbocycles. The Morgan fingerprint density at radius 1 is 1.11 bits per heavy atom. The summed E-state index contributed by atoms with van der Waals surface area (Å²) in [7, 11) is 0. The van der Waals surface area contributed by atoms with E-state index in [-0.39, 0.29) is 12.3 Å². The van der Waals surface area contributed by atoms with Crippen LogP contribution in [0.4, 0.5) is 0 Å². The minimum Gasteiger partial charge on any atom is -0.480 e. The number of carbonyl (C=O) groups excluding carboxylic acids is 3. The number of hydrogen-bond acceptors (Lipinski definition) is 7. The first-order chi connectivity index (χ1) is 13.0. The van der Waals surface area contributed by atoms with E-state index in [1.165, 1.54) is 18.7 Å². The van der Waals surface area contributed by atoms with Gasteiger partial charge in [-0.05, 0) is 31.3 Å². The van der Waals surface area contributed by atoms with Crippen molar-refractivity contribution in [3.05, 3.63) is 0 Å². The second-order valence-electron chi connectivity index (χ2n) is 6.60. The van der Waals surface area contributed by atoms with E-state index in [2.05, 4.69) is 16.0 Å². The summed E-state index contributed by atoms with van der Waals surface area (Å²) < 4.78 is 0. The van der Waals surface area contributed by atoms with Gasteiger partial charge in [-0.2, -0.15) is 11.8 Å². The number of carbonyl (C=O) groups is 4. The van der Waals surface area contributed by atoms with Crippen LogP contribution in [-0.2, 0) is 19.2 Å². The highest BCUT2D eigenvalue weighted by Gasteiger charge is 2.29. The van der Waals surface area contributed by atoms with E-state index in [0.29, 0.717) is 12.2 Å². The molecule has 0 aromatic heterocycles. The molecule has 10 nitrogen and oxygen atoms in total. The van der Waals surface area contributed by atoms with Crippen molar-refractivity contribution >= 4 is 35.5 Å². The molecule has 28 heavy (non-hydrogen) atoms. The average molecular weight is 421 g/mol. The zero-order valence-electron chi connectivity index (χ0n) is 16.7. The fraction of sp³-hybridized carbons (Fsp3) is 0.765. The Balaban J connectivity index is 4.74. The number of thioether (sulfide) groups is 1. The molecule has 7 N–H and O–H groups in total. The molecular weight excluding hydrogens is 388 g/mol. The Bertz CT molecular complexity index is 546. The van der Waals surface area contributed by atoms with Gasteiger partial charge in [0.15, 0.2) is 0 Å². The number of nitrogens with one attached hydrogen (secondary N) is 3. The second-order valence-corrected chi connectivity index (χ2v) is 7.58. The van der Waals surface area contributed by atoms with Gasteiger partial charge in [-0.25, -0.2) is 4.79 Å². The summed E-state index contributed by atoms with van der Waals surface area (Å²) in [4.78, 5) is 47.4. The minimum absolute atomic E-state index is 0.113. The van der Waals surface area contributed by atoms with E-state index < -0.39 is 54.5 Å². The summed E-state index contributed by atoms with van der Waals surface area (Å²) in [6.07, 6.45) is 1.51. The Kier molecular flexibility index (Phi) is 12.5. The van der Waals surface area contributed by atoms with Crippen molar-refractivity contribution in [3.63, 3.8) is 0 Å². The number of amides is 3. The molecule has 5 unspecified atom stereocenters. The van der Waals surface area contributed by atoms with Crippen molar-refractivity contribution in [3.8, 4) is 0 Å². The number of aliphatic carboxylic acids is 1. The van der Waals surface area contributed by atoms with Crippen LogP contribution in [0.2, 0.25) is 0 Å². The fourth-order valence-corrected chi connectivity index (χ4v) is 2.65. The molecule has 0 fully saturated rings. The summed E-state index contributed by atoms with van der Waals surface area (Å²) >= 11 is 1.45. The van der Waals surface area contributed by atoms with Gasteiger partial charge in [0, 0.05) is 0 Å². The van der Waals surface area contributed by atoms with Gasteiger partial charge in [0.2, 0.25) is 17.7 Å². The first-order valence-electron chi connectivity index (χ1n) is 9.07. The van der Waals surface area contributed by atoms with Crippen LogP contribution in [0.5, 0.6) is 0 Å². The lowest BCUT2D eigenvalue weighted by Gasteiger charge is -2.24. The van der Waals surface area contributed by atoms with E-state index in [0.717, 1.165) is 0 Å². The molecule has 11 heteroatoms. The van der Waals surface area contributed by atoms with E-state index in [1.54, 1.807) is 6.92 Å². The normalized spacial score (nSPS) is 16.2. The third-order valence-electron chi connectivity index (χ3n) is 4.29. The molecule has 5 atom stereocenters. The van der Waals surface area contributed by atoms with E-state index in [1.807, 2.05) is 13.2 Å². The van der Waals surface area contributed by atoms with Gasteiger partial charge < -0.3 is 31.9 Å². The molecule has 0 aliphatic heterocycles. The third kappa shape index (κ3) is 9.38. The van der Waals surface area contributed by atoms with Crippen molar-refractivity contribution in [2.45, 2.75) is 57.8 Å². The van der Waals surface area contributed by atoms with Crippen molar-refractivity contribution in [1.29, 1.82) is 0 Å². The van der Waals surface area contributed by atoms with E-state index in [4.69, 9.17) is 10.8 Å². The molecule has 0 rings (SSSR count). The third-order valence-corrected chi connectivity index (χ3v) is 4.93. The van der Waals surface area contributed by atoms with Gasteiger partial charge in [-0.3, -0.25) is 14.4 Å². The highest BCUT2D eigenvalue weighted by atomic mass is 32.2. The summed E-state index contributed by atoms with van der Waals surface area (Å²) in [6.45, 7) is 4.50. The van der Waals surface area contributed by atoms with E-state index >= 15 is 0 Å². The molecule has 0 saturated heterocycles. The number of rotatable bonds is 13. The zero-order chi connectivity index (χ0) is 21.9. The number of aliphatic hydroxyl groups excluding tert-OH is 1. The maximum atomic E-state index is 12.3. The van der Waals surface area contributed by atoms with Crippen LogP contribution in [-0.4, -0.2) is 76.7 Å². The van der Waals surface area contributed by atoms with Crippen LogP contribution in [0.15, 0.2) is 0 Å². The molecule has 0 aromatic rings. The Morgan fingerprint density at radius 2 is 1.71 bits per heavy atom. The molecule has 0 aliphatic rings. The molecule has 0 bridgehead atoms. The highest BCUT2D eigenvalue weighted by Crippen LogP contribution is 2.06. The van der Waals surface area contributed by atoms with Gasteiger partial charge in [0.05, 0.1) is 18.7 Å². The molecule has 0 spiro atoms. The average Bonchev–Trinajstić information content (AvgIpc) is 2.65. The van der Waals surface area contributed by atoms with Crippen LogP contribution in [0.1, 0.15) is 33.6 Å². The molecule has 0 heterocycles. The van der Waals surface area contributed by atoms with Crippen LogP contribution < -0.4 is 21.7 Å². The summed E-state index contributed by atoms with van der Waals surface area (Å²) in [5.41, 5.74) is 5.82. The lowest BCUT2D eigenvalue weighted by atomic mass is 9.99. The molecule has 0 saturated carbocycles. The molecule has 3 amide bonds. The van der Waals surface area contributed by atoms with Gasteiger partial charge in [0.1, 0.15) is 12.1 Å². The van der Waals surface area contributed by atoms with Crippen LogP contribution in [0.25, 0.3) is 0 Å². The maximum absolute atomic E-state index is 12.3. The smallest absolute Gasteiger partial charge is 0.326 e. The maximum Gasteiger partial charge on any atom is 0.326 e. The van der Waals surface area contributed by atoms with Crippen molar-refractivity contribution < 1.29 is 29.4 Å². The largest absolute Gasteiger partial charge is 0.480 e. The van der Waals surface area contributed by atoms with Crippen molar-refractivity contribution in [2.24, 2.45) is 11.7 Å². The minimum atomic E-state index is -1.29. The monoisotopic (exact) mass is 420 g/mol. The number of carboxylic acids is 1. The second kappa shape index (κ2) is 13.3. The van der Waals surface area contributed by atoms with E-state index in [9.17, 15) is 24.3 Å². The summed E-state index contributed by atoms with van der Waals surface area (Å²) in [5.74, 6) is -2.77. The topological polar surface area (TPSA) is 171 Å². The lowest BCUT2D eigenvalue weighted by molar-refractivity contribution is -0.141. The molecular formula is C17H32N4O6S. The number of nitrogens with two attached hydrogens (primary N) is 1. The zero-order valence-corrected chi connectivity index (χ0v) is 17.5. The van der Waals surface area contributed by atoms with Crippen molar-refractivity contribution in [2.75, 3.05) is 18.6 Å². The fourth-order valence-electron chi connectivity index (χ4n) is 2.18. The quantitative estimate of drug-likeness (QED) is 0.213. The van der Waals surface area contributed by atoms with Gasteiger partial charge in [-0.15, -0.1) is 0 Å². The summed E-state index contributed by atoms with van der Waals surface area (Å²) in [6, 6.07) is -3.19. The van der Waals surface area contributed by atoms with Crippen molar-refractivity contribution in [1.82, 2.24) is 16.0 Å².